The molecule has 0 N–H and O–H groups in total. The molecule has 0 radical (unpaired) electrons. The van der Waals surface area contributed by atoms with Crippen molar-refractivity contribution in [1.82, 2.24) is 0 Å². The van der Waals surface area contributed by atoms with Gasteiger partial charge in [0, 0.05) is 31.0 Å². The molecule has 0 bridgehead atoms. The van der Waals surface area contributed by atoms with E-state index < -0.39 is 0 Å². The maximum absolute atomic E-state index is 2.46. The highest BCUT2D eigenvalue weighted by Crippen LogP contribution is 2.55. The lowest BCUT2D eigenvalue weighted by atomic mass is 9.84. The summed E-state index contributed by atoms with van der Waals surface area (Å²) in [5, 5.41) is 4.89. The summed E-state index contributed by atoms with van der Waals surface area (Å²) < 4.78 is 0. The second kappa shape index (κ2) is 16.2. The highest BCUT2D eigenvalue weighted by molar-refractivity contribution is 8.00. The first-order valence-electron chi connectivity index (χ1n) is 22.7. The molecule has 2 nitrogen and oxygen atoms in total. The lowest BCUT2D eigenvalue weighted by Crippen LogP contribution is -2.15. The molecule has 1 aliphatic carbocycles. The third-order valence-electron chi connectivity index (χ3n) is 13.3. The van der Waals surface area contributed by atoms with E-state index in [1.165, 1.54) is 108 Å². The highest BCUT2D eigenvalue weighted by Gasteiger charge is 2.28. The molecule has 0 saturated heterocycles. The van der Waals surface area contributed by atoms with Crippen LogP contribution in [0.3, 0.4) is 0 Å². The molecule has 312 valence electrons. The monoisotopic (exact) mass is 878 g/mol. The summed E-state index contributed by atoms with van der Waals surface area (Å²) in [7, 11) is 0. The van der Waals surface area contributed by atoms with E-state index >= 15 is 0 Å². The Kier molecular flexibility index (Phi) is 9.54. The molecule has 0 fully saturated rings. The molecular formula is C62H42N2S2. The fraction of sp³-hybridized carbons (Fsp3) is 0.0323. The van der Waals surface area contributed by atoms with Gasteiger partial charge in [-0.25, -0.2) is 0 Å². The van der Waals surface area contributed by atoms with Crippen LogP contribution in [0.25, 0.3) is 60.5 Å². The second-order valence-electron chi connectivity index (χ2n) is 17.1. The molecule has 2 aliphatic heterocycles. The van der Waals surface area contributed by atoms with Gasteiger partial charge in [0.05, 0.1) is 22.7 Å². The average molecular weight is 879 g/mol. The molecule has 4 heteroatoms. The largest absolute Gasteiger partial charge is 0.308 e. The Morgan fingerprint density at radius 3 is 1.17 bits per heavy atom. The molecule has 10 aromatic carbocycles. The quantitative estimate of drug-likeness (QED) is 0.153. The van der Waals surface area contributed by atoms with Crippen molar-refractivity contribution in [3.05, 3.63) is 236 Å². The average Bonchev–Trinajstić information content (AvgIpc) is 3.39. The standard InChI is InChI=1S/C62H42N2S2/c1-3-15-41(16-4-1)43-27-31-45(32-28-43)61-49-37-35-48(64-55-21-9-13-25-59(55)66-60-26-14-10-22-56(60)64)40-52(49)62(46-33-29-44(30-34-46)42-17-5-2-6-18-42)50-38-36-47(39-51(50)61)63-53-19-7-11-23-57(53)65-58-24-12-8-20-54(58)63/h1-5,7-17,19-40H,6,18H2. The number of anilines is 6. The van der Waals surface area contributed by atoms with Crippen LogP contribution < -0.4 is 9.80 Å². The molecule has 10 aromatic rings. The summed E-state index contributed by atoms with van der Waals surface area (Å²) in [4.78, 5) is 9.93. The molecule has 0 aromatic heterocycles. The summed E-state index contributed by atoms with van der Waals surface area (Å²) in [5.41, 5.74) is 17.0. The van der Waals surface area contributed by atoms with Crippen LogP contribution in [0.4, 0.5) is 34.1 Å². The smallest absolute Gasteiger partial charge is 0.0601 e. The van der Waals surface area contributed by atoms with E-state index in [2.05, 4.69) is 240 Å². The summed E-state index contributed by atoms with van der Waals surface area (Å²) >= 11 is 3.69. The number of fused-ring (bicyclic) bond motifs is 6. The Balaban J connectivity index is 1.10. The number of nitrogens with zero attached hydrogens (tertiary/aromatic N) is 2. The molecule has 2 heterocycles. The summed E-state index contributed by atoms with van der Waals surface area (Å²) in [6.45, 7) is 0. The van der Waals surface area contributed by atoms with Gasteiger partial charge in [0.15, 0.2) is 0 Å². The van der Waals surface area contributed by atoms with Gasteiger partial charge in [0.2, 0.25) is 0 Å². The van der Waals surface area contributed by atoms with Crippen molar-refractivity contribution in [2.75, 3.05) is 9.80 Å². The van der Waals surface area contributed by atoms with Gasteiger partial charge in [-0.2, -0.15) is 0 Å². The predicted molar refractivity (Wildman–Crippen MR) is 282 cm³/mol. The summed E-state index contributed by atoms with van der Waals surface area (Å²) in [6.07, 6.45) is 8.87. The van der Waals surface area contributed by atoms with E-state index in [4.69, 9.17) is 0 Å². The lowest BCUT2D eigenvalue weighted by molar-refractivity contribution is 1.05. The van der Waals surface area contributed by atoms with Crippen LogP contribution in [0, 0.1) is 0 Å². The van der Waals surface area contributed by atoms with Crippen molar-refractivity contribution in [2.24, 2.45) is 0 Å². The van der Waals surface area contributed by atoms with Crippen LogP contribution in [0.15, 0.2) is 250 Å². The molecule has 0 atom stereocenters. The molecule has 0 unspecified atom stereocenters. The number of allylic oxidation sites excluding steroid dienone is 4. The number of benzene rings is 10. The van der Waals surface area contributed by atoms with E-state index in [-0.39, 0.29) is 0 Å². The normalized spacial score (nSPS) is 13.8. The minimum absolute atomic E-state index is 1.06. The lowest BCUT2D eigenvalue weighted by Gasteiger charge is -2.34. The number of rotatable bonds is 6. The van der Waals surface area contributed by atoms with Gasteiger partial charge in [0.25, 0.3) is 0 Å². The molecule has 66 heavy (non-hydrogen) atoms. The van der Waals surface area contributed by atoms with Crippen LogP contribution in [-0.4, -0.2) is 0 Å². The van der Waals surface area contributed by atoms with Gasteiger partial charge in [-0.1, -0.05) is 181 Å². The van der Waals surface area contributed by atoms with Crippen LogP contribution in [0.5, 0.6) is 0 Å². The van der Waals surface area contributed by atoms with Crippen LogP contribution in [0.2, 0.25) is 0 Å². The Hall–Kier alpha value is -7.50. The molecule has 0 spiro atoms. The zero-order valence-corrected chi connectivity index (χ0v) is 37.7. The van der Waals surface area contributed by atoms with Gasteiger partial charge >= 0.3 is 0 Å². The Labute approximate surface area is 394 Å². The Morgan fingerprint density at radius 2 is 0.727 bits per heavy atom. The van der Waals surface area contributed by atoms with Crippen LogP contribution in [-0.2, 0) is 0 Å². The number of hydrogen-bond donors (Lipinski definition) is 0. The second-order valence-corrected chi connectivity index (χ2v) is 19.3. The summed E-state index contributed by atoms with van der Waals surface area (Å²) in [5.74, 6) is 0. The Morgan fingerprint density at radius 1 is 0.333 bits per heavy atom. The van der Waals surface area contributed by atoms with Gasteiger partial charge < -0.3 is 9.80 Å². The van der Waals surface area contributed by atoms with E-state index in [1.807, 2.05) is 23.5 Å². The topological polar surface area (TPSA) is 6.48 Å². The molecular weight excluding hydrogens is 837 g/mol. The number of hydrogen-bond acceptors (Lipinski definition) is 4. The maximum atomic E-state index is 2.46. The fourth-order valence-electron chi connectivity index (χ4n) is 10.2. The van der Waals surface area contributed by atoms with E-state index in [9.17, 15) is 0 Å². The van der Waals surface area contributed by atoms with Crippen molar-refractivity contribution in [3.8, 4) is 33.4 Å². The first-order valence-corrected chi connectivity index (χ1v) is 24.3. The van der Waals surface area contributed by atoms with Crippen molar-refractivity contribution in [3.63, 3.8) is 0 Å². The number of para-hydroxylation sites is 4. The zero-order chi connectivity index (χ0) is 43.6. The van der Waals surface area contributed by atoms with Crippen LogP contribution >= 0.6 is 23.5 Å². The first kappa shape index (κ1) is 38.9. The minimum Gasteiger partial charge on any atom is -0.308 e. The Bertz CT molecular complexity index is 3500. The van der Waals surface area contributed by atoms with Gasteiger partial charge in [-0.3, -0.25) is 0 Å². The van der Waals surface area contributed by atoms with E-state index in [1.54, 1.807) is 0 Å². The van der Waals surface area contributed by atoms with Crippen molar-refractivity contribution in [1.29, 1.82) is 0 Å². The van der Waals surface area contributed by atoms with Crippen LogP contribution in [0.1, 0.15) is 18.4 Å². The highest BCUT2D eigenvalue weighted by atomic mass is 32.2. The third kappa shape index (κ3) is 6.59. The SMILES string of the molecule is C1=CCCC(c2ccc(-c3c4ccc(N5c6ccccc6Sc6ccccc65)cc4c(-c4ccc(-c5ccccc5)cc4)c4ccc(N5c6ccccc6Sc6ccccc65)cc34)cc2)=C1. The predicted octanol–water partition coefficient (Wildman–Crippen LogP) is 18.6. The third-order valence-corrected chi connectivity index (χ3v) is 15.6. The fourth-order valence-corrected chi connectivity index (χ4v) is 12.3. The van der Waals surface area contributed by atoms with E-state index in [0.29, 0.717) is 0 Å². The summed E-state index contributed by atoms with van der Waals surface area (Å²) in [6, 6.07) is 78.9. The van der Waals surface area contributed by atoms with Gasteiger partial charge in [-0.15, -0.1) is 0 Å². The molecule has 0 amide bonds. The van der Waals surface area contributed by atoms with Crippen molar-refractivity contribution in [2.45, 2.75) is 32.4 Å². The minimum atomic E-state index is 1.06. The molecule has 13 rings (SSSR count). The first-order chi connectivity index (χ1) is 32.7. The van der Waals surface area contributed by atoms with Crippen molar-refractivity contribution < 1.29 is 0 Å². The zero-order valence-electron chi connectivity index (χ0n) is 36.1. The maximum Gasteiger partial charge on any atom is 0.0601 e. The molecule has 3 aliphatic rings. The van der Waals surface area contributed by atoms with Crippen molar-refractivity contribution >= 4 is 84.8 Å². The van der Waals surface area contributed by atoms with Gasteiger partial charge in [0.1, 0.15) is 0 Å². The molecule has 0 saturated carbocycles. The van der Waals surface area contributed by atoms with Gasteiger partial charge in [-0.05, 0) is 152 Å². The van der Waals surface area contributed by atoms with E-state index in [0.717, 1.165) is 24.2 Å².